The van der Waals surface area contributed by atoms with Crippen molar-refractivity contribution in [3.05, 3.63) is 35.9 Å². The Labute approximate surface area is 121 Å². The van der Waals surface area contributed by atoms with Crippen molar-refractivity contribution in [2.75, 3.05) is 0 Å². The Kier molecular flexibility index (Phi) is 3.88. The number of halogens is 1. The zero-order valence-corrected chi connectivity index (χ0v) is 12.4. The van der Waals surface area contributed by atoms with Crippen molar-refractivity contribution in [3.8, 4) is 0 Å². The van der Waals surface area contributed by atoms with Crippen molar-refractivity contribution in [2.24, 2.45) is 5.41 Å². The van der Waals surface area contributed by atoms with Crippen LogP contribution in [0.4, 0.5) is 0 Å². The topological polar surface area (TPSA) is 80.3 Å². The fraction of sp³-hybridized carbons (Fsp3) is 0.385. The molecule has 0 bridgehead atoms. The molecule has 2 rings (SSSR count). The number of amides is 2. The second-order valence-corrected chi connectivity index (χ2v) is 7.94. The van der Waals surface area contributed by atoms with Crippen LogP contribution in [0.1, 0.15) is 18.9 Å². The van der Waals surface area contributed by atoms with Crippen LogP contribution in [0.2, 0.25) is 0 Å². The Hall–Kier alpha value is -1.40. The number of imide groups is 1. The van der Waals surface area contributed by atoms with E-state index in [0.717, 1.165) is 5.56 Å². The minimum atomic E-state index is -4.00. The molecule has 1 aromatic carbocycles. The predicted octanol–water partition coefficient (Wildman–Crippen LogP) is 1.22. The molecule has 5 nitrogen and oxygen atoms in total. The van der Waals surface area contributed by atoms with Crippen LogP contribution in [0.15, 0.2) is 30.3 Å². The Morgan fingerprint density at radius 2 is 1.90 bits per heavy atom. The van der Waals surface area contributed by atoms with Gasteiger partial charge in [0.15, 0.2) is 0 Å². The highest BCUT2D eigenvalue weighted by Crippen LogP contribution is 2.38. The van der Waals surface area contributed by atoms with Crippen molar-refractivity contribution in [1.29, 1.82) is 0 Å². The fourth-order valence-electron chi connectivity index (χ4n) is 2.45. The van der Waals surface area contributed by atoms with Crippen LogP contribution in [0.3, 0.4) is 0 Å². The standard InChI is InChI=1S/C13H14ClNO4S/c1-13(8-11(16)15-12(13)17)10(20(14,18)19)7-9-5-3-2-4-6-9/h2-6,10H,7-8H2,1H3,(H,15,16,17). The van der Waals surface area contributed by atoms with Gasteiger partial charge in [0.05, 0.1) is 10.7 Å². The van der Waals surface area contributed by atoms with E-state index in [2.05, 4.69) is 5.32 Å². The summed E-state index contributed by atoms with van der Waals surface area (Å²) in [4.78, 5) is 23.3. The van der Waals surface area contributed by atoms with Crippen LogP contribution in [0.25, 0.3) is 0 Å². The van der Waals surface area contributed by atoms with Crippen LogP contribution in [-0.4, -0.2) is 25.5 Å². The highest BCUT2D eigenvalue weighted by Gasteiger charge is 2.53. The van der Waals surface area contributed by atoms with Gasteiger partial charge in [-0.25, -0.2) is 8.42 Å². The van der Waals surface area contributed by atoms with Gasteiger partial charge in [0.25, 0.3) is 0 Å². The smallest absolute Gasteiger partial charge is 0.236 e. The minimum absolute atomic E-state index is 0.0872. The lowest BCUT2D eigenvalue weighted by Gasteiger charge is -2.28. The molecule has 0 aromatic heterocycles. The number of hydrogen-bond acceptors (Lipinski definition) is 4. The third-order valence-corrected chi connectivity index (χ3v) is 5.63. The summed E-state index contributed by atoms with van der Waals surface area (Å²) in [7, 11) is 1.51. The lowest BCUT2D eigenvalue weighted by molar-refractivity contribution is -0.128. The molecule has 108 valence electrons. The minimum Gasteiger partial charge on any atom is -0.296 e. The monoisotopic (exact) mass is 315 g/mol. The Bertz CT molecular complexity index is 644. The molecule has 0 aliphatic carbocycles. The Balaban J connectivity index is 2.39. The van der Waals surface area contributed by atoms with Gasteiger partial charge in [-0.05, 0) is 18.9 Å². The van der Waals surface area contributed by atoms with E-state index < -0.39 is 31.5 Å². The summed E-state index contributed by atoms with van der Waals surface area (Å²) in [6.45, 7) is 1.46. The molecule has 0 spiro atoms. The summed E-state index contributed by atoms with van der Waals surface area (Å²) in [5.74, 6) is -1.07. The van der Waals surface area contributed by atoms with E-state index in [4.69, 9.17) is 10.7 Å². The number of carbonyl (C=O) groups is 2. The van der Waals surface area contributed by atoms with E-state index in [9.17, 15) is 18.0 Å². The van der Waals surface area contributed by atoms with Crippen LogP contribution < -0.4 is 5.32 Å². The molecular formula is C13H14ClNO4S. The van der Waals surface area contributed by atoms with E-state index in [-0.39, 0.29) is 12.8 Å². The molecule has 2 atom stereocenters. The number of carbonyl (C=O) groups excluding carboxylic acids is 2. The quantitative estimate of drug-likeness (QED) is 0.669. The molecule has 1 saturated heterocycles. The van der Waals surface area contributed by atoms with Crippen molar-refractivity contribution < 1.29 is 18.0 Å². The van der Waals surface area contributed by atoms with E-state index in [1.165, 1.54) is 6.92 Å². The first kappa shape index (κ1) is 15.0. The average Bonchev–Trinajstić information content (AvgIpc) is 2.60. The Morgan fingerprint density at radius 1 is 1.30 bits per heavy atom. The first-order chi connectivity index (χ1) is 9.23. The van der Waals surface area contributed by atoms with Crippen LogP contribution in [-0.2, 0) is 25.1 Å². The van der Waals surface area contributed by atoms with Gasteiger partial charge in [-0.1, -0.05) is 30.3 Å². The maximum atomic E-state index is 11.9. The normalized spacial score (nSPS) is 24.5. The molecule has 7 heteroatoms. The number of hydrogen-bond donors (Lipinski definition) is 1. The van der Waals surface area contributed by atoms with Gasteiger partial charge in [0.2, 0.25) is 20.9 Å². The van der Waals surface area contributed by atoms with Gasteiger partial charge in [-0.3, -0.25) is 14.9 Å². The molecule has 1 fully saturated rings. The van der Waals surface area contributed by atoms with Crippen LogP contribution in [0.5, 0.6) is 0 Å². The van der Waals surface area contributed by atoms with Crippen molar-refractivity contribution in [3.63, 3.8) is 0 Å². The predicted molar refractivity (Wildman–Crippen MR) is 74.6 cm³/mol. The van der Waals surface area contributed by atoms with Gasteiger partial charge >= 0.3 is 0 Å². The second kappa shape index (κ2) is 5.18. The maximum Gasteiger partial charge on any atom is 0.236 e. The summed E-state index contributed by atoms with van der Waals surface area (Å²) < 4.78 is 23.7. The molecule has 0 saturated carbocycles. The highest BCUT2D eigenvalue weighted by molar-refractivity contribution is 8.14. The summed E-state index contributed by atoms with van der Waals surface area (Å²) >= 11 is 0. The highest BCUT2D eigenvalue weighted by atomic mass is 35.7. The first-order valence-electron chi connectivity index (χ1n) is 6.05. The van der Waals surface area contributed by atoms with Gasteiger partial charge in [-0.15, -0.1) is 0 Å². The molecule has 1 aliphatic rings. The number of rotatable bonds is 4. The molecule has 1 N–H and O–H groups in total. The molecule has 2 amide bonds. The first-order valence-corrected chi connectivity index (χ1v) is 8.42. The molecule has 1 heterocycles. The van der Waals surface area contributed by atoms with Gasteiger partial charge < -0.3 is 0 Å². The second-order valence-electron chi connectivity index (χ2n) is 5.13. The molecule has 20 heavy (non-hydrogen) atoms. The van der Waals surface area contributed by atoms with Gasteiger partial charge in [0.1, 0.15) is 0 Å². The van der Waals surface area contributed by atoms with E-state index in [1.807, 2.05) is 0 Å². The summed E-state index contributed by atoms with van der Waals surface area (Å²) in [6, 6.07) is 8.87. The summed E-state index contributed by atoms with van der Waals surface area (Å²) in [6.07, 6.45) is -0.0842. The fourth-order valence-corrected chi connectivity index (χ4v) is 4.43. The summed E-state index contributed by atoms with van der Waals surface area (Å²) in [5.41, 5.74) is -0.594. The van der Waals surface area contributed by atoms with Crippen LogP contribution >= 0.6 is 10.7 Å². The van der Waals surface area contributed by atoms with Crippen molar-refractivity contribution in [1.82, 2.24) is 5.32 Å². The zero-order chi connectivity index (χ0) is 15.0. The largest absolute Gasteiger partial charge is 0.296 e. The summed E-state index contributed by atoms with van der Waals surface area (Å²) in [5, 5.41) is 0.997. The van der Waals surface area contributed by atoms with E-state index in [1.54, 1.807) is 30.3 Å². The molecule has 2 unspecified atom stereocenters. The number of benzene rings is 1. The third-order valence-electron chi connectivity index (χ3n) is 3.61. The SMILES string of the molecule is CC1(C(Cc2ccccc2)S(=O)(=O)Cl)CC(=O)NC1=O. The average molecular weight is 316 g/mol. The lowest BCUT2D eigenvalue weighted by atomic mass is 9.82. The molecule has 0 radical (unpaired) electrons. The van der Waals surface area contributed by atoms with Crippen molar-refractivity contribution in [2.45, 2.75) is 25.0 Å². The van der Waals surface area contributed by atoms with Crippen LogP contribution in [0, 0.1) is 5.41 Å². The third kappa shape index (κ3) is 2.86. The van der Waals surface area contributed by atoms with E-state index in [0.29, 0.717) is 0 Å². The zero-order valence-electron chi connectivity index (χ0n) is 10.8. The maximum absolute atomic E-state index is 11.9. The van der Waals surface area contributed by atoms with Crippen molar-refractivity contribution >= 4 is 31.5 Å². The lowest BCUT2D eigenvalue weighted by Crippen LogP contribution is -2.43. The van der Waals surface area contributed by atoms with E-state index >= 15 is 0 Å². The molecule has 1 aliphatic heterocycles. The van der Waals surface area contributed by atoms with Gasteiger partial charge in [-0.2, -0.15) is 0 Å². The molecule has 1 aromatic rings. The Morgan fingerprint density at radius 3 is 2.35 bits per heavy atom. The van der Waals surface area contributed by atoms with Gasteiger partial charge in [0, 0.05) is 17.1 Å². The number of nitrogens with one attached hydrogen (secondary N) is 1. The molecular weight excluding hydrogens is 302 g/mol.